The van der Waals surface area contributed by atoms with Gasteiger partial charge in [-0.05, 0) is 38.0 Å². The van der Waals surface area contributed by atoms with E-state index in [-0.39, 0.29) is 18.9 Å². The summed E-state index contributed by atoms with van der Waals surface area (Å²) in [5.74, 6) is -2.71. The maximum atomic E-state index is 12.9. The third kappa shape index (κ3) is 10.8. The largest absolute Gasteiger partial charge is 0.368 e. The predicted octanol–water partition coefficient (Wildman–Crippen LogP) is -0.400. The summed E-state index contributed by atoms with van der Waals surface area (Å²) in [6.07, 6.45) is 13.8. The van der Waals surface area contributed by atoms with Gasteiger partial charge < -0.3 is 32.7 Å². The van der Waals surface area contributed by atoms with Crippen LogP contribution in [-0.4, -0.2) is 60.8 Å². The summed E-state index contributed by atoms with van der Waals surface area (Å²) in [5.41, 5.74) is 13.3. The van der Waals surface area contributed by atoms with Gasteiger partial charge in [0.05, 0.1) is 19.1 Å². The van der Waals surface area contributed by atoms with Crippen molar-refractivity contribution in [1.82, 2.24) is 21.3 Å². The molecule has 11 nitrogen and oxygen atoms in total. The first-order valence-corrected chi connectivity index (χ1v) is 12.4. The lowest BCUT2D eigenvalue weighted by Gasteiger charge is -2.23. The molecule has 5 amide bonds. The molecule has 0 unspecified atom stereocenters. The molecule has 0 aromatic carbocycles. The average Bonchev–Trinajstić information content (AvgIpc) is 3.54. The number of nitrogens with one attached hydrogen (secondary N) is 4. The van der Waals surface area contributed by atoms with Crippen LogP contribution in [0.25, 0.3) is 0 Å². The van der Waals surface area contributed by atoms with Crippen LogP contribution in [0.5, 0.6) is 0 Å². The fourth-order valence-corrected chi connectivity index (χ4v) is 3.91. The molecule has 3 atom stereocenters. The third-order valence-corrected chi connectivity index (χ3v) is 5.87. The fourth-order valence-electron chi connectivity index (χ4n) is 3.91. The van der Waals surface area contributed by atoms with Crippen LogP contribution < -0.4 is 32.7 Å². The van der Waals surface area contributed by atoms with E-state index in [1.165, 1.54) is 0 Å². The molecule has 0 fully saturated rings. The van der Waals surface area contributed by atoms with Gasteiger partial charge in [-0.1, -0.05) is 61.4 Å². The van der Waals surface area contributed by atoms with Gasteiger partial charge >= 0.3 is 0 Å². The lowest BCUT2D eigenvalue weighted by Crippen LogP contribution is -2.54. The van der Waals surface area contributed by atoms with E-state index in [0.717, 1.165) is 17.6 Å². The number of hydrogen-bond donors (Lipinski definition) is 6. The van der Waals surface area contributed by atoms with Gasteiger partial charge in [-0.3, -0.25) is 24.0 Å². The molecule has 0 saturated carbocycles. The summed E-state index contributed by atoms with van der Waals surface area (Å²) in [6.45, 7) is 3.07. The summed E-state index contributed by atoms with van der Waals surface area (Å²) < 4.78 is 0. The van der Waals surface area contributed by atoms with E-state index >= 15 is 0 Å². The molecule has 8 N–H and O–H groups in total. The van der Waals surface area contributed by atoms with Gasteiger partial charge in [-0.15, -0.1) is 0 Å². The normalized spacial score (nSPS) is 16.4. The Hall–Kier alpha value is -3.73. The Kier molecular flexibility index (Phi) is 11.8. The Bertz CT molecular complexity index is 997. The van der Waals surface area contributed by atoms with Crippen LogP contribution in [0.15, 0.2) is 47.6 Å². The third-order valence-electron chi connectivity index (χ3n) is 5.87. The Morgan fingerprint density at radius 1 is 0.811 bits per heavy atom. The minimum Gasteiger partial charge on any atom is -0.368 e. The van der Waals surface area contributed by atoms with Gasteiger partial charge in [-0.25, -0.2) is 0 Å². The lowest BCUT2D eigenvalue weighted by atomic mass is 10.0. The summed E-state index contributed by atoms with van der Waals surface area (Å²) in [7, 11) is 0. The van der Waals surface area contributed by atoms with Crippen LogP contribution in [-0.2, 0) is 24.0 Å². The zero-order valence-electron chi connectivity index (χ0n) is 21.4. The monoisotopic (exact) mass is 514 g/mol. The number of hydrogen-bond acceptors (Lipinski definition) is 6. The Balaban J connectivity index is 1.83. The molecule has 0 spiro atoms. The van der Waals surface area contributed by atoms with Crippen LogP contribution in [0, 0.1) is 5.92 Å². The maximum absolute atomic E-state index is 12.9. The number of nitrogens with two attached hydrogens (primary N) is 2. The van der Waals surface area contributed by atoms with Crippen LogP contribution in [0.1, 0.15) is 46.0 Å². The molecular weight excluding hydrogens is 476 g/mol. The zero-order chi connectivity index (χ0) is 27.4. The van der Waals surface area contributed by atoms with Gasteiger partial charge in [0.25, 0.3) is 0 Å². The number of carbonyl (C=O) groups is 5. The first kappa shape index (κ1) is 29.5. The summed E-state index contributed by atoms with van der Waals surface area (Å²) in [6, 6.07) is -2.60. The smallest absolute Gasteiger partial charge is 0.243 e. The molecule has 0 aromatic heterocycles. The first-order valence-electron chi connectivity index (χ1n) is 12.4. The van der Waals surface area contributed by atoms with Crippen molar-refractivity contribution in [2.75, 3.05) is 13.1 Å². The summed E-state index contributed by atoms with van der Waals surface area (Å²) >= 11 is 0. The predicted molar refractivity (Wildman–Crippen MR) is 139 cm³/mol. The van der Waals surface area contributed by atoms with Gasteiger partial charge in [-0.2, -0.15) is 0 Å². The van der Waals surface area contributed by atoms with Crippen molar-refractivity contribution in [2.45, 2.75) is 64.1 Å². The SMILES string of the molecule is CC(C)C[C@H](NC(=O)[C@H](CC1=CC=CC1)NC(=O)CNC(=O)CNC(=O)[C@@H](N)CC1=CC=CC1)C(N)=O. The highest BCUT2D eigenvalue weighted by molar-refractivity contribution is 5.93. The Morgan fingerprint density at radius 3 is 1.95 bits per heavy atom. The van der Waals surface area contributed by atoms with E-state index in [0.29, 0.717) is 19.3 Å². The highest BCUT2D eigenvalue weighted by Gasteiger charge is 2.27. The second-order valence-corrected chi connectivity index (χ2v) is 9.64. The highest BCUT2D eigenvalue weighted by atomic mass is 16.2. The van der Waals surface area contributed by atoms with Crippen molar-refractivity contribution in [3.63, 3.8) is 0 Å². The van der Waals surface area contributed by atoms with E-state index in [2.05, 4.69) is 21.3 Å². The maximum Gasteiger partial charge on any atom is 0.243 e. The second-order valence-electron chi connectivity index (χ2n) is 9.64. The van der Waals surface area contributed by atoms with Gasteiger partial charge in [0.15, 0.2) is 0 Å². The van der Waals surface area contributed by atoms with Crippen molar-refractivity contribution in [3.8, 4) is 0 Å². The van der Waals surface area contributed by atoms with Gasteiger partial charge in [0.1, 0.15) is 12.1 Å². The van der Waals surface area contributed by atoms with Crippen molar-refractivity contribution < 1.29 is 24.0 Å². The van der Waals surface area contributed by atoms with Crippen LogP contribution >= 0.6 is 0 Å². The number of rotatable bonds is 15. The molecule has 0 heterocycles. The molecule has 2 rings (SSSR count). The summed E-state index contributed by atoms with van der Waals surface area (Å²) in [5, 5.41) is 10.1. The minimum atomic E-state index is -0.957. The number of carbonyl (C=O) groups excluding carboxylic acids is 5. The molecule has 2 aliphatic rings. The summed E-state index contributed by atoms with van der Waals surface area (Å²) in [4.78, 5) is 61.5. The van der Waals surface area contributed by atoms with Crippen molar-refractivity contribution >= 4 is 29.5 Å². The van der Waals surface area contributed by atoms with E-state index in [1.807, 2.05) is 50.3 Å². The van der Waals surface area contributed by atoms with Crippen molar-refractivity contribution in [2.24, 2.45) is 17.4 Å². The standard InChI is InChI=1S/C26H38N6O5/c1-16(2)11-20(24(28)35)32-26(37)21(13-18-9-5-6-10-18)31-23(34)15-29-22(33)14-30-25(36)19(27)12-17-7-3-4-8-17/h3-7,9,16,19-21H,8,10-15,27H2,1-2H3,(H2,28,35)(H,29,33)(H,30,36)(H,31,34)(H,32,37)/t19-,20-,21-/m0/s1. The molecule has 0 bridgehead atoms. The van der Waals surface area contributed by atoms with Crippen molar-refractivity contribution in [3.05, 3.63) is 47.6 Å². The number of primary amides is 1. The molecular formula is C26H38N6O5. The first-order chi connectivity index (χ1) is 17.5. The zero-order valence-corrected chi connectivity index (χ0v) is 21.4. The van der Waals surface area contributed by atoms with Crippen molar-refractivity contribution in [1.29, 1.82) is 0 Å². The van der Waals surface area contributed by atoms with Gasteiger partial charge in [0, 0.05) is 0 Å². The molecule has 37 heavy (non-hydrogen) atoms. The second kappa shape index (κ2) is 14.7. The molecule has 0 saturated heterocycles. The molecule has 202 valence electrons. The molecule has 11 heteroatoms. The van der Waals surface area contributed by atoms with E-state index < -0.39 is 54.2 Å². The molecule has 0 aromatic rings. The van der Waals surface area contributed by atoms with Crippen LogP contribution in [0.3, 0.4) is 0 Å². The molecule has 2 aliphatic carbocycles. The fraction of sp³-hybridized carbons (Fsp3) is 0.500. The van der Waals surface area contributed by atoms with Gasteiger partial charge in [0.2, 0.25) is 29.5 Å². The lowest BCUT2D eigenvalue weighted by molar-refractivity contribution is -0.132. The molecule has 0 radical (unpaired) electrons. The quantitative estimate of drug-likeness (QED) is 0.173. The van der Waals surface area contributed by atoms with Crippen LogP contribution in [0.2, 0.25) is 0 Å². The van der Waals surface area contributed by atoms with E-state index in [4.69, 9.17) is 11.5 Å². The Morgan fingerprint density at radius 2 is 1.41 bits per heavy atom. The van der Waals surface area contributed by atoms with Crippen LogP contribution in [0.4, 0.5) is 0 Å². The Labute approximate surface area is 217 Å². The van der Waals surface area contributed by atoms with E-state index in [9.17, 15) is 24.0 Å². The number of allylic oxidation sites excluding steroid dienone is 6. The average molecular weight is 515 g/mol. The molecule has 0 aliphatic heterocycles. The minimum absolute atomic E-state index is 0.120. The number of amides is 5. The highest BCUT2D eigenvalue weighted by Crippen LogP contribution is 2.17. The van der Waals surface area contributed by atoms with E-state index in [1.54, 1.807) is 0 Å². The topological polar surface area (TPSA) is 186 Å².